The van der Waals surface area contributed by atoms with Crippen LogP contribution in [-0.4, -0.2) is 45.5 Å². The Bertz CT molecular complexity index is 977. The molecule has 0 unspecified atom stereocenters. The number of benzene rings is 2. The number of carbonyl (C=O) groups excluding carboxylic acids is 1. The van der Waals surface area contributed by atoms with E-state index >= 15 is 0 Å². The van der Waals surface area contributed by atoms with Crippen molar-refractivity contribution in [2.75, 3.05) is 10.2 Å². The first-order valence-corrected chi connectivity index (χ1v) is 9.72. The van der Waals surface area contributed by atoms with Gasteiger partial charge in [-0.05, 0) is 49.0 Å². The van der Waals surface area contributed by atoms with Crippen LogP contribution in [0.2, 0.25) is 0 Å². The average Bonchev–Trinajstić information content (AvgIpc) is 3.08. The second-order valence-corrected chi connectivity index (χ2v) is 7.64. The van der Waals surface area contributed by atoms with E-state index in [4.69, 9.17) is 12.2 Å². The fraction of sp³-hybridized carbons (Fsp3) is 0.286. The van der Waals surface area contributed by atoms with Crippen LogP contribution in [0.3, 0.4) is 0 Å². The van der Waals surface area contributed by atoms with Gasteiger partial charge in [0.25, 0.3) is 0 Å². The third kappa shape index (κ3) is 3.56. The molecular weight excluding hydrogens is 388 g/mol. The topological polar surface area (TPSA) is 109 Å². The lowest BCUT2D eigenvalue weighted by Gasteiger charge is -2.41. The number of fused-ring (bicyclic) bond motifs is 1. The number of rotatable bonds is 3. The maximum absolute atomic E-state index is 13.1. The molecule has 2 fully saturated rings. The highest BCUT2D eigenvalue weighted by molar-refractivity contribution is 7.80. The third-order valence-corrected chi connectivity index (χ3v) is 5.79. The SMILES string of the molecule is N#Cc1cccc(N2C(=S)N[C@H]3[C@@H](O)[C@H](O)C[C@@H](C(=O)Nc4ccccc4)[C@H]32)c1. The van der Waals surface area contributed by atoms with Crippen LogP contribution < -0.4 is 15.5 Å². The van der Waals surface area contributed by atoms with Crippen molar-refractivity contribution in [3.05, 3.63) is 60.2 Å². The lowest BCUT2D eigenvalue weighted by molar-refractivity contribution is -0.126. The number of aliphatic hydroxyl groups excluding tert-OH is 2. The maximum atomic E-state index is 13.1. The monoisotopic (exact) mass is 408 g/mol. The summed E-state index contributed by atoms with van der Waals surface area (Å²) in [6.07, 6.45) is -2.02. The summed E-state index contributed by atoms with van der Waals surface area (Å²) >= 11 is 5.48. The molecule has 0 bridgehead atoms. The number of amides is 1. The van der Waals surface area contributed by atoms with Crippen molar-refractivity contribution >= 4 is 34.6 Å². The van der Waals surface area contributed by atoms with E-state index in [0.29, 0.717) is 22.1 Å². The zero-order chi connectivity index (χ0) is 20.5. The van der Waals surface area contributed by atoms with Crippen molar-refractivity contribution in [3.63, 3.8) is 0 Å². The highest BCUT2D eigenvalue weighted by Gasteiger charge is 2.54. The molecule has 0 aromatic heterocycles. The Hall–Kier alpha value is -2.99. The van der Waals surface area contributed by atoms with E-state index in [0.717, 1.165) is 0 Å². The molecule has 4 N–H and O–H groups in total. The lowest BCUT2D eigenvalue weighted by atomic mass is 9.77. The van der Waals surface area contributed by atoms with Crippen LogP contribution in [0, 0.1) is 17.2 Å². The van der Waals surface area contributed by atoms with Gasteiger partial charge >= 0.3 is 0 Å². The van der Waals surface area contributed by atoms with E-state index in [-0.39, 0.29) is 12.3 Å². The van der Waals surface area contributed by atoms with Gasteiger partial charge in [0.05, 0.1) is 35.7 Å². The molecule has 8 heteroatoms. The lowest BCUT2D eigenvalue weighted by Crippen LogP contribution is -2.60. The molecule has 2 aromatic rings. The number of anilines is 2. The van der Waals surface area contributed by atoms with Gasteiger partial charge < -0.3 is 25.7 Å². The standard InChI is InChI=1S/C21H20N4O3S/c22-11-12-5-4-8-14(9-12)25-18-15(20(28)23-13-6-2-1-3-7-13)10-16(26)19(27)17(18)24-21(25)29/h1-9,15-19,26-27H,10H2,(H,23,28)(H,24,29)/t15-,16-,17-,18-,19+/m1/s1. The molecule has 0 radical (unpaired) electrons. The minimum atomic E-state index is -1.07. The number of carbonyl (C=O) groups is 1. The summed E-state index contributed by atoms with van der Waals surface area (Å²) in [6, 6.07) is 17.0. The van der Waals surface area contributed by atoms with Crippen LogP contribution in [0.25, 0.3) is 0 Å². The Kier molecular flexibility index (Phi) is 5.20. The zero-order valence-electron chi connectivity index (χ0n) is 15.4. The van der Waals surface area contributed by atoms with Crippen molar-refractivity contribution in [3.8, 4) is 6.07 Å². The Morgan fingerprint density at radius 2 is 1.97 bits per heavy atom. The number of thiocarbonyl (C=S) groups is 1. The molecule has 5 atom stereocenters. The number of nitrogens with one attached hydrogen (secondary N) is 2. The molecular formula is C21H20N4O3S. The van der Waals surface area contributed by atoms with Gasteiger partial charge in [0.1, 0.15) is 6.10 Å². The van der Waals surface area contributed by atoms with E-state index in [2.05, 4.69) is 16.7 Å². The molecule has 2 aromatic carbocycles. The Morgan fingerprint density at radius 3 is 2.69 bits per heavy atom. The third-order valence-electron chi connectivity index (χ3n) is 5.48. The predicted octanol–water partition coefficient (Wildman–Crippen LogP) is 1.37. The first kappa shape index (κ1) is 19.3. The summed E-state index contributed by atoms with van der Waals surface area (Å²) in [4.78, 5) is 14.9. The van der Waals surface area contributed by atoms with Crippen molar-refractivity contribution < 1.29 is 15.0 Å². The molecule has 1 amide bonds. The second kappa shape index (κ2) is 7.79. The van der Waals surface area contributed by atoms with E-state index < -0.39 is 30.2 Å². The fourth-order valence-corrected chi connectivity index (χ4v) is 4.49. The molecule has 1 heterocycles. The van der Waals surface area contributed by atoms with Crippen molar-refractivity contribution in [1.29, 1.82) is 5.26 Å². The van der Waals surface area contributed by atoms with Gasteiger partial charge in [0.15, 0.2) is 5.11 Å². The molecule has 29 heavy (non-hydrogen) atoms. The number of hydrogen-bond donors (Lipinski definition) is 4. The fourth-order valence-electron chi connectivity index (χ4n) is 4.12. The highest BCUT2D eigenvalue weighted by atomic mass is 32.1. The minimum absolute atomic E-state index is 0.0970. The summed E-state index contributed by atoms with van der Waals surface area (Å²) in [5.41, 5.74) is 1.78. The smallest absolute Gasteiger partial charge is 0.229 e. The van der Waals surface area contributed by atoms with Crippen molar-refractivity contribution in [1.82, 2.24) is 5.32 Å². The average molecular weight is 408 g/mol. The van der Waals surface area contributed by atoms with Gasteiger partial charge in [-0.1, -0.05) is 24.3 Å². The van der Waals surface area contributed by atoms with Gasteiger partial charge in [-0.15, -0.1) is 0 Å². The molecule has 1 aliphatic carbocycles. The minimum Gasteiger partial charge on any atom is -0.390 e. The number of nitriles is 1. The molecule has 1 saturated carbocycles. The predicted molar refractivity (Wildman–Crippen MR) is 112 cm³/mol. The molecule has 7 nitrogen and oxygen atoms in total. The first-order valence-electron chi connectivity index (χ1n) is 9.31. The van der Waals surface area contributed by atoms with Crippen LogP contribution in [-0.2, 0) is 4.79 Å². The van der Waals surface area contributed by atoms with E-state index in [1.807, 2.05) is 18.2 Å². The van der Waals surface area contributed by atoms with Gasteiger partial charge in [-0.3, -0.25) is 4.79 Å². The normalized spacial score (nSPS) is 28.2. The van der Waals surface area contributed by atoms with Crippen LogP contribution in [0.5, 0.6) is 0 Å². The Labute approximate surface area is 173 Å². The van der Waals surface area contributed by atoms with Crippen LogP contribution in [0.15, 0.2) is 54.6 Å². The summed E-state index contributed by atoms with van der Waals surface area (Å²) < 4.78 is 0. The highest BCUT2D eigenvalue weighted by Crippen LogP contribution is 2.37. The molecule has 1 saturated heterocycles. The number of para-hydroxylation sites is 1. The van der Waals surface area contributed by atoms with Gasteiger partial charge in [-0.25, -0.2) is 0 Å². The zero-order valence-corrected chi connectivity index (χ0v) is 16.2. The van der Waals surface area contributed by atoms with Crippen LogP contribution in [0.1, 0.15) is 12.0 Å². The number of hydrogen-bond acceptors (Lipinski definition) is 5. The second-order valence-electron chi connectivity index (χ2n) is 7.25. The first-order chi connectivity index (χ1) is 14.0. The Balaban J connectivity index is 1.69. The number of nitrogens with zero attached hydrogens (tertiary/aromatic N) is 2. The van der Waals surface area contributed by atoms with E-state index in [9.17, 15) is 20.3 Å². The van der Waals surface area contributed by atoms with E-state index in [1.54, 1.807) is 41.3 Å². The number of aliphatic hydroxyl groups is 2. The summed E-state index contributed by atoms with van der Waals surface area (Å²) in [7, 11) is 0. The molecule has 1 aliphatic heterocycles. The molecule has 148 valence electrons. The summed E-state index contributed by atoms with van der Waals surface area (Å²) in [5, 5.41) is 36.4. The Morgan fingerprint density at radius 1 is 1.21 bits per heavy atom. The van der Waals surface area contributed by atoms with E-state index in [1.165, 1.54) is 0 Å². The van der Waals surface area contributed by atoms with Crippen molar-refractivity contribution in [2.24, 2.45) is 5.92 Å². The van der Waals surface area contributed by atoms with Gasteiger partial charge in [0, 0.05) is 11.4 Å². The summed E-state index contributed by atoms with van der Waals surface area (Å²) in [6.45, 7) is 0. The maximum Gasteiger partial charge on any atom is 0.229 e. The molecule has 4 rings (SSSR count). The van der Waals surface area contributed by atoms with Crippen LogP contribution in [0.4, 0.5) is 11.4 Å². The molecule has 0 spiro atoms. The van der Waals surface area contributed by atoms with Crippen molar-refractivity contribution in [2.45, 2.75) is 30.7 Å². The molecule has 2 aliphatic rings. The quantitative estimate of drug-likeness (QED) is 0.568. The van der Waals surface area contributed by atoms with Crippen LogP contribution >= 0.6 is 12.2 Å². The van der Waals surface area contributed by atoms with Gasteiger partial charge in [-0.2, -0.15) is 5.26 Å². The van der Waals surface area contributed by atoms with Gasteiger partial charge in [0.2, 0.25) is 5.91 Å². The largest absolute Gasteiger partial charge is 0.390 e. The summed E-state index contributed by atoms with van der Waals surface area (Å²) in [5.74, 6) is -0.887.